The first kappa shape index (κ1) is 21.9. The van der Waals surface area contributed by atoms with Crippen LogP contribution in [0.25, 0.3) is 0 Å². The third kappa shape index (κ3) is 12.5. The summed E-state index contributed by atoms with van der Waals surface area (Å²) in [6, 6.07) is 0. The average molecular weight is 313 g/mol. The topological polar surface area (TPSA) is 15.3 Å². The highest BCUT2D eigenvalue weighted by Crippen LogP contribution is 2.14. The van der Waals surface area contributed by atoms with Gasteiger partial charge in [0.1, 0.15) is 0 Å². The molecule has 0 rings (SSSR count). The van der Waals surface area contributed by atoms with Crippen LogP contribution in [0, 0.1) is 11.8 Å². The van der Waals surface area contributed by atoms with E-state index in [0.29, 0.717) is 6.17 Å². The lowest BCUT2D eigenvalue weighted by Crippen LogP contribution is -2.48. The van der Waals surface area contributed by atoms with Crippen LogP contribution in [-0.4, -0.2) is 30.7 Å². The third-order valence-corrected chi connectivity index (χ3v) is 4.16. The third-order valence-electron chi connectivity index (χ3n) is 4.16. The van der Waals surface area contributed by atoms with Gasteiger partial charge in [0.15, 0.2) is 0 Å². The maximum atomic E-state index is 3.73. The van der Waals surface area contributed by atoms with Gasteiger partial charge in [-0.05, 0) is 24.8 Å². The second-order valence-corrected chi connectivity index (χ2v) is 7.73. The second kappa shape index (κ2) is 14.5. The fraction of sp³-hybridized carbons (Fsp3) is 1.00. The molecule has 1 atom stereocenters. The van der Waals surface area contributed by atoms with Crippen LogP contribution in [0.15, 0.2) is 0 Å². The molecule has 0 spiro atoms. The summed E-state index contributed by atoms with van der Waals surface area (Å²) < 4.78 is 0. The van der Waals surface area contributed by atoms with Crippen LogP contribution in [0.3, 0.4) is 0 Å². The summed E-state index contributed by atoms with van der Waals surface area (Å²) in [6.45, 7) is 17.4. The Hall–Kier alpha value is -0.0800. The Balaban J connectivity index is 4.16. The zero-order valence-electron chi connectivity index (χ0n) is 16.5. The molecule has 2 nitrogen and oxygen atoms in total. The first-order chi connectivity index (χ1) is 10.5. The predicted octanol–water partition coefficient (Wildman–Crippen LogP) is 5.68. The van der Waals surface area contributed by atoms with Crippen LogP contribution >= 0.6 is 0 Å². The molecule has 0 aliphatic heterocycles. The second-order valence-electron chi connectivity index (χ2n) is 7.73. The van der Waals surface area contributed by atoms with Gasteiger partial charge in [0.05, 0.1) is 6.17 Å². The number of nitrogens with one attached hydrogen (secondary N) is 1. The van der Waals surface area contributed by atoms with Crippen molar-refractivity contribution < 1.29 is 0 Å². The summed E-state index contributed by atoms with van der Waals surface area (Å²) >= 11 is 0. The van der Waals surface area contributed by atoms with Gasteiger partial charge in [-0.1, -0.05) is 86.5 Å². The molecular formula is C20H44N2. The summed E-state index contributed by atoms with van der Waals surface area (Å²) in [6.07, 6.45) is 11.7. The van der Waals surface area contributed by atoms with Crippen LogP contribution < -0.4 is 5.32 Å². The van der Waals surface area contributed by atoms with Crippen molar-refractivity contribution in [1.29, 1.82) is 0 Å². The van der Waals surface area contributed by atoms with Gasteiger partial charge in [-0.25, -0.2) is 0 Å². The van der Waals surface area contributed by atoms with E-state index in [1.165, 1.54) is 64.5 Å². The van der Waals surface area contributed by atoms with Gasteiger partial charge in [-0.15, -0.1) is 0 Å². The summed E-state index contributed by atoms with van der Waals surface area (Å²) in [5, 5.41) is 3.73. The van der Waals surface area contributed by atoms with Crippen molar-refractivity contribution in [2.75, 3.05) is 19.6 Å². The molecule has 134 valence electrons. The van der Waals surface area contributed by atoms with E-state index >= 15 is 0 Å². The minimum Gasteiger partial charge on any atom is -0.302 e. The summed E-state index contributed by atoms with van der Waals surface area (Å²) in [5.74, 6) is 1.49. The molecule has 0 aromatic heterocycles. The van der Waals surface area contributed by atoms with Crippen molar-refractivity contribution in [3.8, 4) is 0 Å². The molecule has 0 amide bonds. The van der Waals surface area contributed by atoms with Crippen molar-refractivity contribution in [2.45, 2.75) is 99.1 Å². The van der Waals surface area contributed by atoms with E-state index in [9.17, 15) is 0 Å². The largest absolute Gasteiger partial charge is 0.302 e. The van der Waals surface area contributed by atoms with Gasteiger partial charge in [0, 0.05) is 13.1 Å². The SMILES string of the molecule is CCCCCCCCCC(NCC)N(CC(C)C)CC(C)C. The molecule has 0 aromatic rings. The maximum Gasteiger partial charge on any atom is 0.0597 e. The minimum atomic E-state index is 0.574. The molecule has 0 saturated carbocycles. The molecular weight excluding hydrogens is 268 g/mol. The van der Waals surface area contributed by atoms with Gasteiger partial charge in [0.2, 0.25) is 0 Å². The molecule has 2 heteroatoms. The molecule has 0 saturated heterocycles. The van der Waals surface area contributed by atoms with Gasteiger partial charge < -0.3 is 5.32 Å². The van der Waals surface area contributed by atoms with Crippen molar-refractivity contribution in [1.82, 2.24) is 10.2 Å². The Kier molecular flexibility index (Phi) is 14.5. The highest BCUT2D eigenvalue weighted by atomic mass is 15.3. The predicted molar refractivity (Wildman–Crippen MR) is 101 cm³/mol. The maximum absolute atomic E-state index is 3.73. The Bertz CT molecular complexity index is 216. The van der Waals surface area contributed by atoms with Gasteiger partial charge in [-0.3, -0.25) is 4.90 Å². The molecule has 0 radical (unpaired) electrons. The fourth-order valence-electron chi connectivity index (χ4n) is 3.21. The van der Waals surface area contributed by atoms with Crippen molar-refractivity contribution >= 4 is 0 Å². The Morgan fingerprint density at radius 3 is 1.68 bits per heavy atom. The lowest BCUT2D eigenvalue weighted by molar-refractivity contribution is 0.122. The minimum absolute atomic E-state index is 0.574. The van der Waals surface area contributed by atoms with Crippen LogP contribution in [-0.2, 0) is 0 Å². The fourth-order valence-corrected chi connectivity index (χ4v) is 3.21. The first-order valence-electron chi connectivity index (χ1n) is 9.98. The van der Waals surface area contributed by atoms with Crippen LogP contribution in [0.4, 0.5) is 0 Å². The lowest BCUT2D eigenvalue weighted by Gasteiger charge is -2.35. The zero-order valence-corrected chi connectivity index (χ0v) is 16.5. The molecule has 0 bridgehead atoms. The van der Waals surface area contributed by atoms with Crippen LogP contribution in [0.2, 0.25) is 0 Å². The normalized spacial score (nSPS) is 13.5. The highest BCUT2D eigenvalue weighted by molar-refractivity contribution is 4.72. The van der Waals surface area contributed by atoms with Crippen LogP contribution in [0.1, 0.15) is 92.9 Å². The number of unbranched alkanes of at least 4 members (excludes halogenated alkanes) is 6. The molecule has 22 heavy (non-hydrogen) atoms. The van der Waals surface area contributed by atoms with Crippen molar-refractivity contribution in [3.05, 3.63) is 0 Å². The van der Waals surface area contributed by atoms with E-state index in [4.69, 9.17) is 0 Å². The molecule has 0 heterocycles. The Morgan fingerprint density at radius 1 is 0.727 bits per heavy atom. The molecule has 0 aliphatic rings. The highest BCUT2D eigenvalue weighted by Gasteiger charge is 2.19. The number of hydrogen-bond acceptors (Lipinski definition) is 2. The molecule has 1 unspecified atom stereocenters. The van der Waals surface area contributed by atoms with E-state index in [-0.39, 0.29) is 0 Å². The Labute approximate surface area is 141 Å². The lowest BCUT2D eigenvalue weighted by atomic mass is 10.1. The van der Waals surface area contributed by atoms with E-state index < -0.39 is 0 Å². The smallest absolute Gasteiger partial charge is 0.0597 e. The standard InChI is InChI=1S/C20H44N2/c1-7-9-10-11-12-13-14-15-20(21-8-2)22(16-18(3)4)17-19(5)6/h18-21H,7-17H2,1-6H3. The molecule has 0 aliphatic carbocycles. The molecule has 1 N–H and O–H groups in total. The van der Waals surface area contributed by atoms with Gasteiger partial charge in [0.25, 0.3) is 0 Å². The number of rotatable bonds is 15. The zero-order chi connectivity index (χ0) is 16.8. The summed E-state index contributed by atoms with van der Waals surface area (Å²) in [4.78, 5) is 2.69. The number of nitrogens with zero attached hydrogens (tertiary/aromatic N) is 1. The summed E-state index contributed by atoms with van der Waals surface area (Å²) in [5.41, 5.74) is 0. The van der Waals surface area contributed by atoms with E-state index in [0.717, 1.165) is 18.4 Å². The van der Waals surface area contributed by atoms with Crippen molar-refractivity contribution in [2.24, 2.45) is 11.8 Å². The molecule has 0 aromatic carbocycles. The van der Waals surface area contributed by atoms with Crippen LogP contribution in [0.5, 0.6) is 0 Å². The quantitative estimate of drug-likeness (QED) is 0.309. The summed E-state index contributed by atoms with van der Waals surface area (Å²) in [7, 11) is 0. The van der Waals surface area contributed by atoms with E-state index in [1.807, 2.05) is 0 Å². The molecule has 0 fully saturated rings. The number of hydrogen-bond donors (Lipinski definition) is 1. The monoisotopic (exact) mass is 312 g/mol. The average Bonchev–Trinajstić information content (AvgIpc) is 2.43. The Morgan fingerprint density at radius 2 is 1.23 bits per heavy atom. The van der Waals surface area contributed by atoms with E-state index in [1.54, 1.807) is 0 Å². The van der Waals surface area contributed by atoms with Gasteiger partial charge in [-0.2, -0.15) is 0 Å². The van der Waals surface area contributed by atoms with Crippen molar-refractivity contribution in [3.63, 3.8) is 0 Å². The van der Waals surface area contributed by atoms with Gasteiger partial charge >= 0.3 is 0 Å². The first-order valence-corrected chi connectivity index (χ1v) is 9.98. The van der Waals surface area contributed by atoms with E-state index in [2.05, 4.69) is 51.8 Å².